The Morgan fingerprint density at radius 3 is 2.60 bits per heavy atom. The van der Waals surface area contributed by atoms with E-state index in [4.69, 9.17) is 9.26 Å². The predicted molar refractivity (Wildman–Crippen MR) is 112 cm³/mol. The van der Waals surface area contributed by atoms with E-state index < -0.39 is 5.60 Å². The number of nitrogens with zero attached hydrogens (tertiary/aromatic N) is 1. The Kier molecular flexibility index (Phi) is 5.96. The fourth-order valence-electron chi connectivity index (χ4n) is 4.96. The van der Waals surface area contributed by atoms with Crippen LogP contribution < -0.4 is 5.32 Å². The standard InChI is InChI=1S/C24H31FN2O3/c1-17(2)21-14-18(30-27-21)15-24(12-7-13-29-24)22(28)26-16-23(10-5-6-11-23)19-8-3-4-9-20(19)25/h3-4,8-9,14,17H,5-7,10-13,15-16H2,1-2H3,(H,26,28)/t24-/m1/s1. The highest BCUT2D eigenvalue weighted by atomic mass is 19.1. The molecule has 1 aromatic carbocycles. The first-order valence-corrected chi connectivity index (χ1v) is 11.1. The molecule has 2 fully saturated rings. The molecule has 1 saturated carbocycles. The fourth-order valence-corrected chi connectivity index (χ4v) is 4.96. The van der Waals surface area contributed by atoms with Crippen LogP contribution in [0.4, 0.5) is 4.39 Å². The van der Waals surface area contributed by atoms with Crippen LogP contribution in [0.25, 0.3) is 0 Å². The lowest BCUT2D eigenvalue weighted by Crippen LogP contribution is -2.51. The van der Waals surface area contributed by atoms with Gasteiger partial charge in [0.15, 0.2) is 5.60 Å². The van der Waals surface area contributed by atoms with Gasteiger partial charge < -0.3 is 14.6 Å². The molecule has 2 aromatic rings. The molecule has 30 heavy (non-hydrogen) atoms. The molecule has 1 atom stereocenters. The minimum absolute atomic E-state index is 0.134. The number of nitrogens with one attached hydrogen (secondary N) is 1. The second-order valence-electron chi connectivity index (χ2n) is 9.15. The van der Waals surface area contributed by atoms with E-state index in [2.05, 4.69) is 24.3 Å². The smallest absolute Gasteiger partial charge is 0.252 e. The van der Waals surface area contributed by atoms with Gasteiger partial charge in [-0.25, -0.2) is 4.39 Å². The average molecular weight is 415 g/mol. The van der Waals surface area contributed by atoms with Gasteiger partial charge in [-0.1, -0.05) is 50.0 Å². The zero-order valence-electron chi connectivity index (χ0n) is 17.9. The van der Waals surface area contributed by atoms with E-state index in [1.54, 1.807) is 6.07 Å². The fraction of sp³-hybridized carbons (Fsp3) is 0.583. The molecule has 1 saturated heterocycles. The molecule has 5 nitrogen and oxygen atoms in total. The van der Waals surface area contributed by atoms with Crippen LogP contribution in [0, 0.1) is 5.82 Å². The van der Waals surface area contributed by atoms with Gasteiger partial charge in [-0.05, 0) is 43.2 Å². The van der Waals surface area contributed by atoms with Gasteiger partial charge in [0.25, 0.3) is 5.91 Å². The molecule has 2 aliphatic rings. The third kappa shape index (κ3) is 4.02. The summed E-state index contributed by atoms with van der Waals surface area (Å²) in [4.78, 5) is 13.3. The Hall–Kier alpha value is -2.21. The van der Waals surface area contributed by atoms with E-state index in [9.17, 15) is 9.18 Å². The van der Waals surface area contributed by atoms with E-state index in [0.29, 0.717) is 37.3 Å². The van der Waals surface area contributed by atoms with Crippen LogP contribution in [0.5, 0.6) is 0 Å². The lowest BCUT2D eigenvalue weighted by molar-refractivity contribution is -0.142. The van der Waals surface area contributed by atoms with Crippen LogP contribution in [0.3, 0.4) is 0 Å². The van der Waals surface area contributed by atoms with Gasteiger partial charge in [0.2, 0.25) is 0 Å². The van der Waals surface area contributed by atoms with Crippen LogP contribution in [0.15, 0.2) is 34.9 Å². The maximum atomic E-state index is 14.6. The molecule has 1 aliphatic heterocycles. The number of amides is 1. The molecule has 0 bridgehead atoms. The highest BCUT2D eigenvalue weighted by Gasteiger charge is 2.45. The Morgan fingerprint density at radius 2 is 1.97 bits per heavy atom. The first-order chi connectivity index (χ1) is 14.4. The third-order valence-electron chi connectivity index (χ3n) is 6.74. The molecule has 1 aromatic heterocycles. The van der Waals surface area contributed by atoms with Crippen molar-refractivity contribution in [3.63, 3.8) is 0 Å². The number of benzene rings is 1. The number of carbonyl (C=O) groups is 1. The molecule has 6 heteroatoms. The topological polar surface area (TPSA) is 64.4 Å². The van der Waals surface area contributed by atoms with E-state index >= 15 is 0 Å². The summed E-state index contributed by atoms with van der Waals surface area (Å²) >= 11 is 0. The molecule has 1 N–H and O–H groups in total. The van der Waals surface area contributed by atoms with Crippen molar-refractivity contribution in [2.24, 2.45) is 0 Å². The van der Waals surface area contributed by atoms with Crippen molar-refractivity contribution < 1.29 is 18.4 Å². The Balaban J connectivity index is 1.51. The lowest BCUT2D eigenvalue weighted by Gasteiger charge is -2.33. The maximum absolute atomic E-state index is 14.6. The van der Waals surface area contributed by atoms with Crippen molar-refractivity contribution in [3.8, 4) is 0 Å². The summed E-state index contributed by atoms with van der Waals surface area (Å²) in [5.74, 6) is 0.605. The number of hydrogen-bond donors (Lipinski definition) is 1. The molecular formula is C24H31FN2O3. The van der Waals surface area contributed by atoms with Crippen LogP contribution in [-0.4, -0.2) is 29.8 Å². The number of hydrogen-bond acceptors (Lipinski definition) is 4. The molecule has 1 amide bonds. The molecule has 162 valence electrons. The first kappa shape index (κ1) is 21.0. The Labute approximate surface area is 177 Å². The van der Waals surface area contributed by atoms with Gasteiger partial charge in [-0.15, -0.1) is 0 Å². The Bertz CT molecular complexity index is 880. The number of aromatic nitrogens is 1. The minimum atomic E-state index is -0.942. The molecule has 0 spiro atoms. The molecule has 1 aliphatic carbocycles. The number of rotatable bonds is 7. The molecule has 0 unspecified atom stereocenters. The summed E-state index contributed by atoms with van der Waals surface area (Å²) in [6.07, 6.45) is 5.68. The normalized spacial score (nSPS) is 23.2. The summed E-state index contributed by atoms with van der Waals surface area (Å²) in [5, 5.41) is 7.24. The quantitative estimate of drug-likeness (QED) is 0.716. The highest BCUT2D eigenvalue weighted by molar-refractivity contribution is 5.86. The van der Waals surface area contributed by atoms with Crippen LogP contribution >= 0.6 is 0 Å². The second kappa shape index (κ2) is 8.50. The summed E-state index contributed by atoms with van der Waals surface area (Å²) in [6, 6.07) is 8.87. The van der Waals surface area contributed by atoms with Crippen LogP contribution in [0.1, 0.15) is 75.3 Å². The van der Waals surface area contributed by atoms with Gasteiger partial charge in [0.05, 0.1) is 5.69 Å². The van der Waals surface area contributed by atoms with Crippen molar-refractivity contribution in [1.82, 2.24) is 10.5 Å². The van der Waals surface area contributed by atoms with E-state index in [-0.39, 0.29) is 23.1 Å². The SMILES string of the molecule is CC(C)c1cc(C[C@@]2(C(=O)NCC3(c4ccccc4F)CCCC3)CCCO2)on1. The lowest BCUT2D eigenvalue weighted by atomic mass is 9.78. The van der Waals surface area contributed by atoms with Crippen molar-refractivity contribution in [3.05, 3.63) is 53.2 Å². The number of carbonyl (C=O) groups excluding carboxylic acids is 1. The van der Waals surface area contributed by atoms with Crippen LogP contribution in [0.2, 0.25) is 0 Å². The van der Waals surface area contributed by atoms with Gasteiger partial charge in [-0.3, -0.25) is 4.79 Å². The molecule has 2 heterocycles. The van der Waals surface area contributed by atoms with Gasteiger partial charge in [-0.2, -0.15) is 0 Å². The Morgan fingerprint density at radius 1 is 1.20 bits per heavy atom. The molecular weight excluding hydrogens is 383 g/mol. The van der Waals surface area contributed by atoms with E-state index in [0.717, 1.165) is 37.8 Å². The summed E-state index contributed by atoms with van der Waals surface area (Å²) in [5.41, 5.74) is 0.296. The number of halogens is 1. The zero-order valence-corrected chi connectivity index (χ0v) is 17.9. The highest BCUT2D eigenvalue weighted by Crippen LogP contribution is 2.42. The molecule has 4 rings (SSSR count). The predicted octanol–water partition coefficient (Wildman–Crippen LogP) is 4.66. The molecule has 0 radical (unpaired) electrons. The first-order valence-electron chi connectivity index (χ1n) is 11.1. The largest absolute Gasteiger partial charge is 0.365 e. The van der Waals surface area contributed by atoms with Crippen molar-refractivity contribution in [1.29, 1.82) is 0 Å². The maximum Gasteiger partial charge on any atom is 0.252 e. The summed E-state index contributed by atoms with van der Waals surface area (Å²) < 4.78 is 26.1. The number of ether oxygens (including phenoxy) is 1. The van der Waals surface area contributed by atoms with Gasteiger partial charge >= 0.3 is 0 Å². The van der Waals surface area contributed by atoms with Crippen LogP contribution in [-0.2, 0) is 21.4 Å². The van der Waals surface area contributed by atoms with E-state index in [1.807, 2.05) is 18.2 Å². The van der Waals surface area contributed by atoms with Crippen molar-refractivity contribution in [2.75, 3.05) is 13.2 Å². The summed E-state index contributed by atoms with van der Waals surface area (Å²) in [6.45, 7) is 5.09. The van der Waals surface area contributed by atoms with Gasteiger partial charge in [0, 0.05) is 31.1 Å². The van der Waals surface area contributed by atoms with Crippen molar-refractivity contribution in [2.45, 2.75) is 75.7 Å². The monoisotopic (exact) mass is 414 g/mol. The van der Waals surface area contributed by atoms with Crippen molar-refractivity contribution >= 4 is 5.91 Å². The third-order valence-corrected chi connectivity index (χ3v) is 6.74. The second-order valence-corrected chi connectivity index (χ2v) is 9.15. The zero-order chi connectivity index (χ0) is 21.2. The van der Waals surface area contributed by atoms with Gasteiger partial charge in [0.1, 0.15) is 11.6 Å². The van der Waals surface area contributed by atoms with E-state index in [1.165, 1.54) is 6.07 Å². The minimum Gasteiger partial charge on any atom is -0.365 e. The average Bonchev–Trinajstić information content (AvgIpc) is 3.49. The summed E-state index contributed by atoms with van der Waals surface area (Å²) in [7, 11) is 0.